The number of rotatable bonds is 5. The number of nitrogens with one attached hydrogen (secondary N) is 1. The molecule has 2 rings (SSSR count). The average Bonchev–Trinajstić information content (AvgIpc) is 2.49. The predicted molar refractivity (Wildman–Crippen MR) is 88.9 cm³/mol. The normalized spacial score (nSPS) is 17.9. The number of nitrogens with zero attached hydrogens (tertiary/aromatic N) is 2. The molecule has 7 nitrogen and oxygen atoms in total. The number of benzene rings is 1. The van der Waals surface area contributed by atoms with Gasteiger partial charge in [0.1, 0.15) is 0 Å². The Kier molecular flexibility index (Phi) is 4.95. The average molecular weight is 335 g/mol. The maximum atomic E-state index is 11.7. The summed E-state index contributed by atoms with van der Waals surface area (Å²) in [5.74, 6) is -1.12. The number of carboxylic acids is 1. The first-order valence-electron chi connectivity index (χ1n) is 7.13. The van der Waals surface area contributed by atoms with E-state index in [1.807, 2.05) is 6.92 Å². The van der Waals surface area contributed by atoms with Gasteiger partial charge in [-0.25, -0.2) is 4.79 Å². The molecule has 23 heavy (non-hydrogen) atoms. The topological polar surface area (TPSA) is 95.7 Å². The lowest BCUT2D eigenvalue weighted by molar-refractivity contribution is -0.385. The van der Waals surface area contributed by atoms with Crippen molar-refractivity contribution < 1.29 is 14.8 Å². The molecule has 1 aromatic rings. The Morgan fingerprint density at radius 1 is 1.48 bits per heavy atom. The van der Waals surface area contributed by atoms with Crippen LogP contribution in [0.3, 0.4) is 0 Å². The van der Waals surface area contributed by atoms with Gasteiger partial charge in [-0.2, -0.15) is 0 Å². The van der Waals surface area contributed by atoms with Gasteiger partial charge in [0.05, 0.1) is 22.1 Å². The standard InChI is InChI=1S/C15H17N3O4S/c1-3-8-17-13(10-6-4-5-7-11(10)18(21)22)12(14(19)20)9(2)16-15(17)23/h4-7,13H,3,8H2,1-2H3,(H,16,23)(H,19,20). The third-order valence-corrected chi connectivity index (χ3v) is 4.00. The fourth-order valence-electron chi connectivity index (χ4n) is 2.74. The molecule has 0 spiro atoms. The first-order chi connectivity index (χ1) is 10.9. The molecule has 1 aliphatic rings. The molecule has 0 radical (unpaired) electrons. The third-order valence-electron chi connectivity index (χ3n) is 3.67. The summed E-state index contributed by atoms with van der Waals surface area (Å²) in [6.45, 7) is 4.04. The molecule has 0 amide bonds. The highest BCUT2D eigenvalue weighted by Gasteiger charge is 2.38. The Hall–Kier alpha value is -2.48. The van der Waals surface area contributed by atoms with Gasteiger partial charge in [-0.15, -0.1) is 0 Å². The highest BCUT2D eigenvalue weighted by Crippen LogP contribution is 2.38. The van der Waals surface area contributed by atoms with Crippen LogP contribution in [0.5, 0.6) is 0 Å². The quantitative estimate of drug-likeness (QED) is 0.485. The van der Waals surface area contributed by atoms with E-state index in [0.717, 1.165) is 6.42 Å². The summed E-state index contributed by atoms with van der Waals surface area (Å²) < 4.78 is 0. The minimum Gasteiger partial charge on any atom is -0.478 e. The lowest BCUT2D eigenvalue weighted by Gasteiger charge is -2.39. The van der Waals surface area contributed by atoms with Crippen molar-refractivity contribution in [3.63, 3.8) is 0 Å². The summed E-state index contributed by atoms with van der Waals surface area (Å²) in [7, 11) is 0. The zero-order valence-corrected chi connectivity index (χ0v) is 13.6. The van der Waals surface area contributed by atoms with E-state index in [-0.39, 0.29) is 11.3 Å². The van der Waals surface area contributed by atoms with Crippen molar-refractivity contribution in [2.75, 3.05) is 6.54 Å². The van der Waals surface area contributed by atoms with Gasteiger partial charge in [0, 0.05) is 18.3 Å². The SMILES string of the molecule is CCCN1C(=S)NC(C)=C(C(=O)O)C1c1ccccc1[N+](=O)[O-]. The number of aliphatic carboxylic acids is 1. The number of para-hydroxylation sites is 1. The van der Waals surface area contributed by atoms with Crippen LogP contribution < -0.4 is 5.32 Å². The molecule has 1 aromatic carbocycles. The monoisotopic (exact) mass is 335 g/mol. The number of thiocarbonyl (C=S) groups is 1. The van der Waals surface area contributed by atoms with Gasteiger partial charge < -0.3 is 15.3 Å². The van der Waals surface area contributed by atoms with E-state index in [9.17, 15) is 20.0 Å². The molecule has 122 valence electrons. The van der Waals surface area contributed by atoms with Crippen LogP contribution in [0.25, 0.3) is 0 Å². The van der Waals surface area contributed by atoms with Gasteiger partial charge in [0.15, 0.2) is 5.11 Å². The zero-order chi connectivity index (χ0) is 17.1. The molecular weight excluding hydrogens is 318 g/mol. The van der Waals surface area contributed by atoms with E-state index in [2.05, 4.69) is 5.32 Å². The van der Waals surface area contributed by atoms with Crippen LogP contribution in [0.4, 0.5) is 5.69 Å². The first-order valence-corrected chi connectivity index (χ1v) is 7.54. The van der Waals surface area contributed by atoms with Crippen molar-refractivity contribution in [2.45, 2.75) is 26.3 Å². The number of hydrogen-bond acceptors (Lipinski definition) is 4. The van der Waals surface area contributed by atoms with E-state index in [1.54, 1.807) is 30.0 Å². The summed E-state index contributed by atoms with van der Waals surface area (Å²) in [5.41, 5.74) is 0.681. The van der Waals surface area contributed by atoms with E-state index in [4.69, 9.17) is 12.2 Å². The van der Waals surface area contributed by atoms with Crippen LogP contribution in [0.15, 0.2) is 35.5 Å². The largest absolute Gasteiger partial charge is 0.478 e. The van der Waals surface area contributed by atoms with Crippen molar-refractivity contribution in [1.82, 2.24) is 10.2 Å². The van der Waals surface area contributed by atoms with Gasteiger partial charge in [-0.3, -0.25) is 10.1 Å². The molecule has 1 unspecified atom stereocenters. The third kappa shape index (κ3) is 3.16. The van der Waals surface area contributed by atoms with E-state index >= 15 is 0 Å². The number of carboxylic acid groups (broad SMARTS) is 1. The maximum Gasteiger partial charge on any atom is 0.335 e. The molecule has 0 aliphatic carbocycles. The molecule has 0 aromatic heterocycles. The van der Waals surface area contributed by atoms with Crippen LogP contribution in [0.2, 0.25) is 0 Å². The Morgan fingerprint density at radius 2 is 2.13 bits per heavy atom. The fourth-order valence-corrected chi connectivity index (χ4v) is 3.08. The number of carbonyl (C=O) groups is 1. The fraction of sp³-hybridized carbons (Fsp3) is 0.333. The Balaban J connectivity index is 2.70. The van der Waals surface area contributed by atoms with Crippen LogP contribution in [0.1, 0.15) is 31.9 Å². The van der Waals surface area contributed by atoms with E-state index in [0.29, 0.717) is 22.9 Å². The minimum absolute atomic E-state index is 0.0707. The van der Waals surface area contributed by atoms with Crippen molar-refractivity contribution in [2.24, 2.45) is 0 Å². The molecule has 0 saturated carbocycles. The maximum absolute atomic E-state index is 11.7. The van der Waals surface area contributed by atoms with Crippen molar-refractivity contribution in [3.05, 3.63) is 51.2 Å². The van der Waals surface area contributed by atoms with Crippen molar-refractivity contribution in [1.29, 1.82) is 0 Å². The second kappa shape index (κ2) is 6.74. The second-order valence-electron chi connectivity index (χ2n) is 5.19. The summed E-state index contributed by atoms with van der Waals surface area (Å²) >= 11 is 5.31. The molecule has 1 heterocycles. The smallest absolute Gasteiger partial charge is 0.335 e. The summed E-state index contributed by atoms with van der Waals surface area (Å²) in [4.78, 5) is 24.3. The number of allylic oxidation sites excluding steroid dienone is 1. The summed E-state index contributed by atoms with van der Waals surface area (Å²) in [5, 5.41) is 24.2. The highest BCUT2D eigenvalue weighted by atomic mass is 32.1. The van der Waals surface area contributed by atoms with Crippen molar-refractivity contribution >= 4 is 29.0 Å². The second-order valence-corrected chi connectivity index (χ2v) is 5.57. The van der Waals surface area contributed by atoms with Crippen molar-refractivity contribution in [3.8, 4) is 0 Å². The highest BCUT2D eigenvalue weighted by molar-refractivity contribution is 7.80. The molecular formula is C15H17N3O4S. The lowest BCUT2D eigenvalue weighted by Crippen LogP contribution is -2.48. The Labute approximate surface area is 138 Å². The molecule has 1 aliphatic heterocycles. The minimum atomic E-state index is -1.12. The molecule has 2 N–H and O–H groups in total. The summed E-state index contributed by atoms with van der Waals surface area (Å²) in [6.07, 6.45) is 0.727. The molecule has 1 atom stereocenters. The molecule has 8 heteroatoms. The molecule has 0 saturated heterocycles. The van der Waals surface area contributed by atoms with Gasteiger partial charge in [0.25, 0.3) is 5.69 Å². The predicted octanol–water partition coefficient (Wildman–Crippen LogP) is 2.59. The van der Waals surface area contributed by atoms with Gasteiger partial charge >= 0.3 is 5.97 Å². The number of nitro benzene ring substituents is 1. The Morgan fingerprint density at radius 3 is 2.70 bits per heavy atom. The number of hydrogen-bond donors (Lipinski definition) is 2. The van der Waals surface area contributed by atoms with Crippen LogP contribution in [-0.4, -0.2) is 32.6 Å². The molecule has 0 fully saturated rings. The van der Waals surface area contributed by atoms with Crippen LogP contribution in [0, 0.1) is 10.1 Å². The van der Waals surface area contributed by atoms with E-state index < -0.39 is 16.9 Å². The first kappa shape index (κ1) is 16.9. The van der Waals surface area contributed by atoms with Gasteiger partial charge in [-0.05, 0) is 31.6 Å². The van der Waals surface area contributed by atoms with Crippen LogP contribution >= 0.6 is 12.2 Å². The lowest BCUT2D eigenvalue weighted by atomic mass is 9.92. The zero-order valence-electron chi connectivity index (χ0n) is 12.8. The Bertz CT molecular complexity index is 702. The van der Waals surface area contributed by atoms with Gasteiger partial charge in [-0.1, -0.05) is 19.1 Å². The summed E-state index contributed by atoms with van der Waals surface area (Å²) in [6, 6.07) is 5.38. The van der Waals surface area contributed by atoms with Gasteiger partial charge in [0.2, 0.25) is 0 Å². The number of nitro groups is 1. The van der Waals surface area contributed by atoms with E-state index in [1.165, 1.54) is 6.07 Å². The van der Waals surface area contributed by atoms with Crippen LogP contribution in [-0.2, 0) is 4.79 Å². The molecule has 0 bridgehead atoms.